The van der Waals surface area contributed by atoms with Crippen LogP contribution in [0, 0.1) is 0 Å². The highest BCUT2D eigenvalue weighted by Gasteiger charge is 2.18. The summed E-state index contributed by atoms with van der Waals surface area (Å²) in [5.74, 6) is 1.85. The maximum absolute atomic E-state index is 12.8. The molecule has 3 rings (SSSR count). The van der Waals surface area contributed by atoms with Crippen LogP contribution in [0.3, 0.4) is 0 Å². The maximum atomic E-state index is 12.8. The van der Waals surface area contributed by atoms with Crippen LogP contribution < -0.4 is 24.8 Å². The van der Waals surface area contributed by atoms with Gasteiger partial charge in [-0.05, 0) is 30.7 Å². The lowest BCUT2D eigenvalue weighted by Crippen LogP contribution is -2.20. The molecule has 8 heteroatoms. The standard InChI is InChI=1S/C22H26N4O4/c1-5-7-18-21(20(26-25-18)14-8-6-9-15(12-14)28-2)24-22(27)23-17-11-10-16(29-3)13-19(17)30-4/h6,8-13H,5,7H2,1-4H3,(H,25,26)(H2,23,24,27). The van der Waals surface area contributed by atoms with Crippen molar-refractivity contribution < 1.29 is 19.0 Å². The number of benzene rings is 2. The second kappa shape index (κ2) is 9.69. The Hall–Kier alpha value is -3.68. The van der Waals surface area contributed by atoms with Gasteiger partial charge in [0, 0.05) is 11.6 Å². The molecule has 0 radical (unpaired) electrons. The molecule has 0 aliphatic carbocycles. The minimum absolute atomic E-state index is 0.402. The van der Waals surface area contributed by atoms with Gasteiger partial charge in [-0.1, -0.05) is 25.5 Å². The lowest BCUT2D eigenvalue weighted by molar-refractivity contribution is 0.262. The molecule has 30 heavy (non-hydrogen) atoms. The number of hydrogen-bond acceptors (Lipinski definition) is 5. The average Bonchev–Trinajstić information content (AvgIpc) is 3.16. The Morgan fingerprint density at radius 3 is 2.47 bits per heavy atom. The number of ether oxygens (including phenoxy) is 3. The third-order valence-corrected chi connectivity index (χ3v) is 4.58. The van der Waals surface area contributed by atoms with Crippen LogP contribution in [0.2, 0.25) is 0 Å². The lowest BCUT2D eigenvalue weighted by Gasteiger charge is -2.13. The first-order chi connectivity index (χ1) is 14.6. The van der Waals surface area contributed by atoms with Crippen LogP contribution in [0.25, 0.3) is 11.3 Å². The van der Waals surface area contributed by atoms with Gasteiger partial charge in [-0.15, -0.1) is 0 Å². The fourth-order valence-electron chi connectivity index (χ4n) is 3.09. The van der Waals surface area contributed by atoms with E-state index in [0.29, 0.717) is 34.3 Å². The quantitative estimate of drug-likeness (QED) is 0.500. The number of amides is 2. The predicted octanol–water partition coefficient (Wildman–Crippen LogP) is 4.70. The predicted molar refractivity (Wildman–Crippen MR) is 117 cm³/mol. The molecule has 2 aromatic carbocycles. The van der Waals surface area contributed by atoms with Crippen molar-refractivity contribution in [2.75, 3.05) is 32.0 Å². The second-order valence-corrected chi connectivity index (χ2v) is 6.55. The van der Waals surface area contributed by atoms with Crippen molar-refractivity contribution in [3.05, 3.63) is 48.2 Å². The zero-order valence-electron chi connectivity index (χ0n) is 17.5. The Morgan fingerprint density at radius 1 is 1.00 bits per heavy atom. The minimum Gasteiger partial charge on any atom is -0.497 e. The number of hydrogen-bond donors (Lipinski definition) is 3. The van der Waals surface area contributed by atoms with E-state index in [-0.39, 0.29) is 0 Å². The molecule has 0 saturated heterocycles. The highest BCUT2D eigenvalue weighted by atomic mass is 16.5. The summed E-state index contributed by atoms with van der Waals surface area (Å²) in [6, 6.07) is 12.3. The summed E-state index contributed by atoms with van der Waals surface area (Å²) in [7, 11) is 4.72. The zero-order valence-corrected chi connectivity index (χ0v) is 17.5. The van der Waals surface area contributed by atoms with Crippen molar-refractivity contribution in [1.82, 2.24) is 10.2 Å². The van der Waals surface area contributed by atoms with Gasteiger partial charge in [-0.3, -0.25) is 5.10 Å². The first-order valence-corrected chi connectivity index (χ1v) is 9.61. The number of methoxy groups -OCH3 is 3. The highest BCUT2D eigenvalue weighted by Crippen LogP contribution is 2.33. The number of aryl methyl sites for hydroxylation is 1. The van der Waals surface area contributed by atoms with Crippen LogP contribution in [0.4, 0.5) is 16.2 Å². The van der Waals surface area contributed by atoms with Gasteiger partial charge in [0.15, 0.2) is 0 Å². The Morgan fingerprint density at radius 2 is 1.77 bits per heavy atom. The SMILES string of the molecule is CCCc1[nH]nc(-c2cccc(OC)c2)c1NC(=O)Nc1ccc(OC)cc1OC. The van der Waals surface area contributed by atoms with Gasteiger partial charge < -0.3 is 24.8 Å². The molecular weight excluding hydrogens is 384 g/mol. The smallest absolute Gasteiger partial charge is 0.323 e. The zero-order chi connectivity index (χ0) is 21.5. The molecule has 0 saturated carbocycles. The van der Waals surface area contributed by atoms with E-state index in [4.69, 9.17) is 14.2 Å². The van der Waals surface area contributed by atoms with Gasteiger partial charge >= 0.3 is 6.03 Å². The largest absolute Gasteiger partial charge is 0.497 e. The Bertz CT molecular complexity index is 1020. The molecular formula is C22H26N4O4. The number of carbonyl (C=O) groups excluding carboxylic acids is 1. The highest BCUT2D eigenvalue weighted by molar-refractivity contribution is 6.03. The van der Waals surface area contributed by atoms with E-state index in [0.717, 1.165) is 24.1 Å². The van der Waals surface area contributed by atoms with Crippen LogP contribution in [-0.4, -0.2) is 37.6 Å². The Balaban J connectivity index is 1.88. The molecule has 2 amide bonds. The second-order valence-electron chi connectivity index (χ2n) is 6.55. The first-order valence-electron chi connectivity index (χ1n) is 9.61. The van der Waals surface area contributed by atoms with Crippen molar-refractivity contribution in [2.24, 2.45) is 0 Å². The summed E-state index contributed by atoms with van der Waals surface area (Å²) in [5, 5.41) is 13.2. The van der Waals surface area contributed by atoms with Crippen molar-refractivity contribution in [2.45, 2.75) is 19.8 Å². The van der Waals surface area contributed by atoms with Crippen LogP contribution in [0.15, 0.2) is 42.5 Å². The molecule has 1 aromatic heterocycles. The van der Waals surface area contributed by atoms with E-state index in [1.54, 1.807) is 32.4 Å². The Labute approximate surface area is 175 Å². The van der Waals surface area contributed by atoms with Gasteiger partial charge in [-0.25, -0.2) is 4.79 Å². The molecule has 0 unspecified atom stereocenters. The summed E-state index contributed by atoms with van der Waals surface area (Å²) in [5.41, 5.74) is 3.50. The van der Waals surface area contributed by atoms with Crippen LogP contribution in [-0.2, 0) is 6.42 Å². The molecule has 0 aliphatic heterocycles. The summed E-state index contributed by atoms with van der Waals surface area (Å²) in [6.07, 6.45) is 1.65. The third kappa shape index (κ3) is 4.65. The fourth-order valence-corrected chi connectivity index (χ4v) is 3.09. The number of carbonyl (C=O) groups is 1. The lowest BCUT2D eigenvalue weighted by atomic mass is 10.1. The van der Waals surface area contributed by atoms with Gasteiger partial charge in [0.25, 0.3) is 0 Å². The summed E-state index contributed by atoms with van der Waals surface area (Å²) >= 11 is 0. The summed E-state index contributed by atoms with van der Waals surface area (Å²) in [6.45, 7) is 2.07. The van der Waals surface area contributed by atoms with Gasteiger partial charge in [0.05, 0.1) is 38.4 Å². The molecule has 0 fully saturated rings. The molecule has 0 bridgehead atoms. The minimum atomic E-state index is -0.402. The molecule has 3 aromatic rings. The number of aromatic nitrogens is 2. The first kappa shape index (κ1) is 21.0. The van der Waals surface area contributed by atoms with E-state index >= 15 is 0 Å². The summed E-state index contributed by atoms with van der Waals surface area (Å²) < 4.78 is 15.9. The number of nitrogens with zero attached hydrogens (tertiary/aromatic N) is 1. The number of anilines is 2. The van der Waals surface area contributed by atoms with Gasteiger partial charge in [0.1, 0.15) is 22.9 Å². The van der Waals surface area contributed by atoms with Crippen LogP contribution in [0.1, 0.15) is 19.0 Å². The fraction of sp³-hybridized carbons (Fsp3) is 0.273. The van der Waals surface area contributed by atoms with E-state index in [1.165, 1.54) is 7.11 Å². The van der Waals surface area contributed by atoms with Crippen LogP contribution in [0.5, 0.6) is 17.2 Å². The number of H-pyrrole nitrogens is 1. The monoisotopic (exact) mass is 410 g/mol. The number of nitrogens with one attached hydrogen (secondary N) is 3. The molecule has 0 spiro atoms. The van der Waals surface area contributed by atoms with Crippen molar-refractivity contribution in [3.8, 4) is 28.5 Å². The van der Waals surface area contributed by atoms with E-state index in [2.05, 4.69) is 27.8 Å². The van der Waals surface area contributed by atoms with Crippen molar-refractivity contribution in [3.63, 3.8) is 0 Å². The molecule has 1 heterocycles. The number of urea groups is 1. The molecule has 0 aliphatic rings. The maximum Gasteiger partial charge on any atom is 0.323 e. The van der Waals surface area contributed by atoms with Crippen molar-refractivity contribution in [1.29, 1.82) is 0 Å². The third-order valence-electron chi connectivity index (χ3n) is 4.58. The van der Waals surface area contributed by atoms with E-state index in [9.17, 15) is 4.79 Å². The Kier molecular flexibility index (Phi) is 6.79. The normalized spacial score (nSPS) is 10.4. The molecule has 158 valence electrons. The molecule has 3 N–H and O–H groups in total. The van der Waals surface area contributed by atoms with Crippen molar-refractivity contribution >= 4 is 17.4 Å². The van der Waals surface area contributed by atoms with E-state index < -0.39 is 6.03 Å². The van der Waals surface area contributed by atoms with Crippen LogP contribution >= 0.6 is 0 Å². The number of aromatic amines is 1. The summed E-state index contributed by atoms with van der Waals surface area (Å²) in [4.78, 5) is 12.8. The van der Waals surface area contributed by atoms with Gasteiger partial charge in [-0.2, -0.15) is 5.10 Å². The average molecular weight is 410 g/mol. The number of rotatable bonds is 8. The molecule has 8 nitrogen and oxygen atoms in total. The molecule has 0 atom stereocenters. The van der Waals surface area contributed by atoms with E-state index in [1.807, 2.05) is 24.3 Å². The topological polar surface area (TPSA) is 97.5 Å². The van der Waals surface area contributed by atoms with Gasteiger partial charge in [0.2, 0.25) is 0 Å².